The molecular formula is C19H22ClNO3. The molecule has 24 heavy (non-hydrogen) atoms. The van der Waals surface area contributed by atoms with Gasteiger partial charge in [-0.2, -0.15) is 0 Å². The van der Waals surface area contributed by atoms with Gasteiger partial charge in [-0.1, -0.05) is 41.9 Å². The van der Waals surface area contributed by atoms with Crippen LogP contribution in [0.25, 0.3) is 0 Å². The Morgan fingerprint density at radius 2 is 1.83 bits per heavy atom. The van der Waals surface area contributed by atoms with Crippen molar-refractivity contribution in [2.75, 3.05) is 20.8 Å². The topological polar surface area (TPSA) is 47.6 Å². The Labute approximate surface area is 147 Å². The average molecular weight is 348 g/mol. The second-order valence-corrected chi connectivity index (χ2v) is 5.81. The smallest absolute Gasteiger partial charge is 0.220 e. The van der Waals surface area contributed by atoms with E-state index in [2.05, 4.69) is 5.32 Å². The summed E-state index contributed by atoms with van der Waals surface area (Å²) in [5.41, 5.74) is 1.97. The van der Waals surface area contributed by atoms with Crippen LogP contribution in [0, 0.1) is 0 Å². The van der Waals surface area contributed by atoms with Crippen LogP contribution in [0.4, 0.5) is 0 Å². The largest absolute Gasteiger partial charge is 0.497 e. The molecule has 5 heteroatoms. The first-order valence-corrected chi connectivity index (χ1v) is 8.18. The van der Waals surface area contributed by atoms with Gasteiger partial charge < -0.3 is 14.8 Å². The molecule has 0 aliphatic carbocycles. The summed E-state index contributed by atoms with van der Waals surface area (Å²) in [7, 11) is 3.24. The molecule has 2 aromatic carbocycles. The lowest BCUT2D eigenvalue weighted by Gasteiger charge is -2.17. The van der Waals surface area contributed by atoms with Crippen LogP contribution in [0.15, 0.2) is 48.5 Å². The number of carbonyl (C=O) groups is 1. The summed E-state index contributed by atoms with van der Waals surface area (Å²) >= 11 is 6.18. The fourth-order valence-corrected chi connectivity index (χ4v) is 2.66. The van der Waals surface area contributed by atoms with Gasteiger partial charge in [-0.15, -0.1) is 0 Å². The van der Waals surface area contributed by atoms with E-state index in [-0.39, 0.29) is 12.0 Å². The highest BCUT2D eigenvalue weighted by Crippen LogP contribution is 2.24. The number of rotatable bonds is 8. The molecule has 2 aromatic rings. The molecule has 2 rings (SSSR count). The normalized spacial score (nSPS) is 11.8. The van der Waals surface area contributed by atoms with Crippen molar-refractivity contribution < 1.29 is 14.3 Å². The molecule has 128 valence electrons. The Kier molecular flexibility index (Phi) is 7.09. The second kappa shape index (κ2) is 9.30. The number of benzene rings is 2. The highest BCUT2D eigenvalue weighted by Gasteiger charge is 2.14. The lowest BCUT2D eigenvalue weighted by molar-refractivity contribution is -0.121. The van der Waals surface area contributed by atoms with E-state index in [0.29, 0.717) is 24.4 Å². The Morgan fingerprint density at radius 1 is 1.12 bits per heavy atom. The fourth-order valence-electron chi connectivity index (χ4n) is 2.40. The number of nitrogens with one attached hydrogen (secondary N) is 1. The average Bonchev–Trinajstić information content (AvgIpc) is 2.62. The van der Waals surface area contributed by atoms with E-state index in [1.807, 2.05) is 48.5 Å². The van der Waals surface area contributed by atoms with Crippen molar-refractivity contribution in [2.24, 2.45) is 0 Å². The summed E-state index contributed by atoms with van der Waals surface area (Å²) in [4.78, 5) is 12.1. The van der Waals surface area contributed by atoms with E-state index in [1.165, 1.54) is 0 Å². The van der Waals surface area contributed by atoms with Gasteiger partial charge in [0, 0.05) is 30.7 Å². The molecule has 0 aliphatic rings. The van der Waals surface area contributed by atoms with Crippen LogP contribution in [0.3, 0.4) is 0 Å². The third kappa shape index (κ3) is 5.25. The molecule has 0 aromatic heterocycles. The molecule has 0 bridgehead atoms. The summed E-state index contributed by atoms with van der Waals surface area (Å²) in [6.07, 6.45) is 0.842. The van der Waals surface area contributed by atoms with Crippen LogP contribution in [-0.2, 0) is 16.0 Å². The van der Waals surface area contributed by atoms with Crippen molar-refractivity contribution in [2.45, 2.75) is 18.9 Å². The molecule has 1 N–H and O–H groups in total. The van der Waals surface area contributed by atoms with Crippen molar-refractivity contribution in [1.29, 1.82) is 0 Å². The Bertz CT molecular complexity index is 658. The molecule has 0 unspecified atom stereocenters. The molecule has 0 heterocycles. The van der Waals surface area contributed by atoms with Crippen molar-refractivity contribution >= 4 is 17.5 Å². The van der Waals surface area contributed by atoms with E-state index < -0.39 is 0 Å². The quantitative estimate of drug-likeness (QED) is 0.790. The third-order valence-corrected chi connectivity index (χ3v) is 4.17. The number of methoxy groups -OCH3 is 2. The number of halogens is 1. The molecule has 0 aliphatic heterocycles. The van der Waals surface area contributed by atoms with E-state index >= 15 is 0 Å². The molecule has 0 saturated carbocycles. The van der Waals surface area contributed by atoms with E-state index in [1.54, 1.807) is 14.2 Å². The van der Waals surface area contributed by atoms with Gasteiger partial charge in [0.1, 0.15) is 11.9 Å². The van der Waals surface area contributed by atoms with Gasteiger partial charge in [0.2, 0.25) is 5.91 Å². The zero-order valence-corrected chi connectivity index (χ0v) is 14.7. The first-order chi connectivity index (χ1) is 11.6. The standard InChI is InChI=1S/C19H22ClNO3/c1-23-15-10-7-14(8-11-15)9-12-19(22)21-13-18(24-2)16-5-3-4-6-17(16)20/h3-8,10-11,18H,9,12-13H2,1-2H3,(H,21,22)/t18-/m1/s1. The Balaban J connectivity index is 1.82. The zero-order valence-electron chi connectivity index (χ0n) is 13.9. The van der Waals surface area contributed by atoms with Gasteiger partial charge in [-0.05, 0) is 30.2 Å². The number of aryl methyl sites for hydroxylation is 1. The minimum Gasteiger partial charge on any atom is -0.497 e. The van der Waals surface area contributed by atoms with Crippen molar-refractivity contribution in [1.82, 2.24) is 5.32 Å². The predicted octanol–water partition coefficient (Wildman–Crippen LogP) is 3.79. The molecule has 1 amide bonds. The number of carbonyl (C=O) groups excluding carboxylic acids is 1. The minimum atomic E-state index is -0.261. The number of hydrogen-bond acceptors (Lipinski definition) is 3. The Hall–Kier alpha value is -2.04. The van der Waals surface area contributed by atoms with Gasteiger partial charge in [0.05, 0.1) is 7.11 Å². The van der Waals surface area contributed by atoms with Crippen LogP contribution in [0.5, 0.6) is 5.75 Å². The molecular weight excluding hydrogens is 326 g/mol. The lowest BCUT2D eigenvalue weighted by atomic mass is 10.1. The maximum atomic E-state index is 12.1. The van der Waals surface area contributed by atoms with Crippen LogP contribution < -0.4 is 10.1 Å². The SMILES string of the molecule is COc1ccc(CCC(=O)NC[C@@H](OC)c2ccccc2Cl)cc1. The second-order valence-electron chi connectivity index (χ2n) is 5.40. The molecule has 0 saturated heterocycles. The van der Waals surface area contributed by atoms with Crippen LogP contribution in [-0.4, -0.2) is 26.7 Å². The predicted molar refractivity (Wildman–Crippen MR) is 95.5 cm³/mol. The van der Waals surface area contributed by atoms with E-state index in [0.717, 1.165) is 16.9 Å². The maximum absolute atomic E-state index is 12.1. The number of ether oxygens (including phenoxy) is 2. The zero-order chi connectivity index (χ0) is 17.4. The Morgan fingerprint density at radius 3 is 2.46 bits per heavy atom. The van der Waals surface area contributed by atoms with Gasteiger partial charge in [0.25, 0.3) is 0 Å². The summed E-state index contributed by atoms with van der Waals surface area (Å²) < 4.78 is 10.6. The molecule has 0 radical (unpaired) electrons. The van der Waals surface area contributed by atoms with Crippen molar-refractivity contribution in [3.8, 4) is 5.75 Å². The highest BCUT2D eigenvalue weighted by molar-refractivity contribution is 6.31. The van der Waals surface area contributed by atoms with Crippen molar-refractivity contribution in [3.05, 3.63) is 64.7 Å². The maximum Gasteiger partial charge on any atom is 0.220 e. The summed E-state index contributed by atoms with van der Waals surface area (Å²) in [5, 5.41) is 3.54. The van der Waals surface area contributed by atoms with E-state index in [4.69, 9.17) is 21.1 Å². The monoisotopic (exact) mass is 347 g/mol. The molecule has 1 atom stereocenters. The van der Waals surface area contributed by atoms with E-state index in [9.17, 15) is 4.79 Å². The first-order valence-electron chi connectivity index (χ1n) is 7.81. The van der Waals surface area contributed by atoms with Crippen molar-refractivity contribution in [3.63, 3.8) is 0 Å². The first kappa shape index (κ1) is 18.3. The van der Waals surface area contributed by atoms with Crippen LogP contribution in [0.1, 0.15) is 23.7 Å². The fraction of sp³-hybridized carbons (Fsp3) is 0.316. The molecule has 0 spiro atoms. The van der Waals surface area contributed by atoms with Crippen LogP contribution >= 0.6 is 11.6 Å². The number of hydrogen-bond donors (Lipinski definition) is 1. The lowest BCUT2D eigenvalue weighted by Crippen LogP contribution is -2.29. The van der Waals surface area contributed by atoms with Gasteiger partial charge >= 0.3 is 0 Å². The number of amides is 1. The van der Waals surface area contributed by atoms with Gasteiger partial charge in [0.15, 0.2) is 0 Å². The summed E-state index contributed by atoms with van der Waals surface area (Å²) in [6.45, 7) is 0.391. The third-order valence-electron chi connectivity index (χ3n) is 3.82. The van der Waals surface area contributed by atoms with Crippen LogP contribution in [0.2, 0.25) is 5.02 Å². The summed E-state index contributed by atoms with van der Waals surface area (Å²) in [6, 6.07) is 15.2. The minimum absolute atomic E-state index is 0.0140. The summed E-state index contributed by atoms with van der Waals surface area (Å²) in [5.74, 6) is 0.797. The van der Waals surface area contributed by atoms with Gasteiger partial charge in [-0.25, -0.2) is 0 Å². The molecule has 0 fully saturated rings. The molecule has 4 nitrogen and oxygen atoms in total. The van der Waals surface area contributed by atoms with Gasteiger partial charge in [-0.3, -0.25) is 4.79 Å². The highest BCUT2D eigenvalue weighted by atomic mass is 35.5.